The zero-order valence-corrected chi connectivity index (χ0v) is 8.97. The van der Waals surface area contributed by atoms with Gasteiger partial charge in [0.05, 0.1) is 4.68 Å². The van der Waals surface area contributed by atoms with Crippen LogP contribution in [0.5, 0.6) is 0 Å². The Labute approximate surface area is 97.3 Å². The van der Waals surface area contributed by atoms with Crippen molar-refractivity contribution in [2.24, 2.45) is 0 Å². The topological polar surface area (TPSA) is 145 Å². The normalized spacial score (nSPS) is 9.33. The lowest BCUT2D eigenvalue weighted by atomic mass is 10.5. The molecule has 94 valence electrons. The molecule has 0 aliphatic rings. The number of H-pyrrole nitrogens is 3. The quantitative estimate of drug-likeness (QED) is 0.421. The van der Waals surface area contributed by atoms with E-state index in [2.05, 4.69) is 19.9 Å². The van der Waals surface area contributed by atoms with Crippen LogP contribution in [-0.4, -0.2) is 30.7 Å². The minimum absolute atomic E-state index is 0.00935. The average Bonchev–Trinajstić information content (AvgIpc) is 2.58. The summed E-state index contributed by atoms with van der Waals surface area (Å²) in [6, 6.07) is 0. The monoisotopic (exact) mass is 253 g/mol. The number of aromatic amines is 3. The van der Waals surface area contributed by atoms with Crippen LogP contribution in [0.4, 0.5) is 0 Å². The fourth-order valence-electron chi connectivity index (χ4n) is 1.09. The first-order valence-corrected chi connectivity index (χ1v) is 4.41. The number of nitrogens with one attached hydrogen (secondary N) is 3. The molecule has 2 rings (SSSR count). The van der Waals surface area contributed by atoms with Gasteiger partial charge in [-0.3, -0.25) is 24.5 Å². The molecule has 2 aromatic rings. The number of rotatable bonds is 0. The summed E-state index contributed by atoms with van der Waals surface area (Å²) in [4.78, 5) is 51.4. The highest BCUT2D eigenvalue weighted by molar-refractivity contribution is 5.67. The summed E-state index contributed by atoms with van der Waals surface area (Å²) in [5, 5.41) is 7.42. The summed E-state index contributed by atoms with van der Waals surface area (Å²) in [6.07, 6.45) is 0. The zero-order valence-electron chi connectivity index (χ0n) is 8.97. The van der Waals surface area contributed by atoms with Gasteiger partial charge in [0.15, 0.2) is 5.52 Å². The van der Waals surface area contributed by atoms with Gasteiger partial charge < -0.3 is 5.11 Å². The Kier molecular flexibility index (Phi) is 3.48. The van der Waals surface area contributed by atoms with Gasteiger partial charge in [-0.05, 0) is 0 Å². The van der Waals surface area contributed by atoms with Crippen molar-refractivity contribution in [2.45, 2.75) is 6.92 Å². The first kappa shape index (κ1) is 13.0. The van der Waals surface area contributed by atoms with Crippen molar-refractivity contribution < 1.29 is 9.90 Å². The number of carboxylic acids is 1. The predicted octanol–water partition coefficient (Wildman–Crippen LogP) is -1.52. The Hall–Kier alpha value is -3.09. The van der Waals surface area contributed by atoms with Gasteiger partial charge in [0.2, 0.25) is 0 Å². The molecule has 0 aliphatic heterocycles. The van der Waals surface area contributed by atoms with Crippen LogP contribution in [0.2, 0.25) is 0 Å². The van der Waals surface area contributed by atoms with Crippen molar-refractivity contribution >= 4 is 17.1 Å². The van der Waals surface area contributed by atoms with Crippen LogP contribution in [0.1, 0.15) is 6.92 Å². The summed E-state index contributed by atoms with van der Waals surface area (Å²) in [5.41, 5.74) is -2.48. The lowest BCUT2D eigenvalue weighted by Gasteiger charge is -1.87. The summed E-state index contributed by atoms with van der Waals surface area (Å²) >= 11 is 0. The number of aromatic nitrogens is 4. The van der Waals surface area contributed by atoms with Crippen LogP contribution in [0.25, 0.3) is 16.1 Å². The molecule has 2 aromatic heterocycles. The Morgan fingerprint density at radius 2 is 1.83 bits per heavy atom. The van der Waals surface area contributed by atoms with E-state index in [0.717, 1.165) is 6.92 Å². The summed E-state index contributed by atoms with van der Waals surface area (Å²) in [7, 11) is 0. The minimum atomic E-state index is -0.882. The van der Waals surface area contributed by atoms with Gasteiger partial charge in [0, 0.05) is 6.92 Å². The third-order valence-electron chi connectivity index (χ3n) is 1.66. The van der Waals surface area contributed by atoms with Gasteiger partial charge in [0.25, 0.3) is 5.97 Å². The third kappa shape index (κ3) is 2.53. The molecule has 0 atom stereocenters. The number of hydrogen-bond donors (Lipinski definition) is 4. The molecule has 10 nitrogen and oxygen atoms in total. The number of carbonyl (C=O) groups is 1. The third-order valence-corrected chi connectivity index (χ3v) is 1.66. The van der Waals surface area contributed by atoms with Gasteiger partial charge in [-0.1, -0.05) is 0 Å². The van der Waals surface area contributed by atoms with Crippen LogP contribution in [-0.2, 0) is 4.79 Å². The number of aliphatic carboxylic acids is 1. The average molecular weight is 253 g/mol. The largest absolute Gasteiger partial charge is 0.481 e. The van der Waals surface area contributed by atoms with Gasteiger partial charge in [-0.15, -0.1) is 4.95 Å². The van der Waals surface area contributed by atoms with Crippen molar-refractivity contribution in [1.82, 2.24) is 19.6 Å². The van der Waals surface area contributed by atoms with Crippen molar-refractivity contribution in [3.8, 4) is 0 Å². The molecular weight excluding hydrogens is 246 g/mol. The van der Waals surface area contributed by atoms with E-state index in [-0.39, 0.29) is 11.2 Å². The highest BCUT2D eigenvalue weighted by Crippen LogP contribution is 1.91. The highest BCUT2D eigenvalue weighted by atomic mass is 16.4. The molecule has 0 saturated heterocycles. The predicted molar refractivity (Wildman–Crippen MR) is 59.1 cm³/mol. The standard InChI is InChI=1S/C6H3N5O3.C2H4O2/c1-7-11-4(12)2-3(10-6(11)14)9-5(13)8-2;1-2(3)4/h(H,10,14)(H2,8,9,13);1H3,(H,3,4). The molecule has 0 saturated carbocycles. The molecule has 0 fully saturated rings. The van der Waals surface area contributed by atoms with Gasteiger partial charge >= 0.3 is 16.9 Å². The molecule has 0 aliphatic carbocycles. The number of carboxylic acid groups (broad SMARTS) is 1. The van der Waals surface area contributed by atoms with E-state index < -0.39 is 22.9 Å². The summed E-state index contributed by atoms with van der Waals surface area (Å²) in [6.45, 7) is 7.66. The molecule has 0 radical (unpaired) electrons. The van der Waals surface area contributed by atoms with Crippen LogP contribution in [0.3, 0.4) is 0 Å². The van der Waals surface area contributed by atoms with E-state index in [4.69, 9.17) is 16.5 Å². The second-order valence-electron chi connectivity index (χ2n) is 3.00. The van der Waals surface area contributed by atoms with E-state index in [1.165, 1.54) is 0 Å². The SMILES string of the molecule is CC(=O)O.[C-]#[N+]n1c(=O)[nH]c2[nH]c(=O)[nH]c2c1=O. The highest BCUT2D eigenvalue weighted by Gasteiger charge is 2.12. The fourth-order valence-corrected chi connectivity index (χ4v) is 1.09. The Morgan fingerprint density at radius 1 is 1.28 bits per heavy atom. The number of fused-ring (bicyclic) bond motifs is 1. The van der Waals surface area contributed by atoms with E-state index >= 15 is 0 Å². The maximum atomic E-state index is 11.3. The molecule has 0 bridgehead atoms. The van der Waals surface area contributed by atoms with Crippen molar-refractivity contribution in [2.75, 3.05) is 0 Å². The number of nitrogens with zero attached hydrogens (tertiary/aromatic N) is 2. The van der Waals surface area contributed by atoms with E-state index in [1.54, 1.807) is 0 Å². The molecule has 0 aromatic carbocycles. The lowest BCUT2D eigenvalue weighted by molar-refractivity contribution is -0.134. The molecule has 4 N–H and O–H groups in total. The molecule has 10 heteroatoms. The molecule has 0 unspecified atom stereocenters. The molecular formula is C8H7N5O5. The minimum Gasteiger partial charge on any atom is -0.481 e. The molecule has 0 spiro atoms. The van der Waals surface area contributed by atoms with Crippen LogP contribution >= 0.6 is 0 Å². The summed E-state index contributed by atoms with van der Waals surface area (Å²) in [5.74, 6) is -0.833. The molecule has 2 heterocycles. The smallest absolute Gasteiger partial charge is 0.398 e. The Morgan fingerprint density at radius 3 is 2.33 bits per heavy atom. The van der Waals surface area contributed by atoms with Gasteiger partial charge in [-0.25, -0.2) is 9.59 Å². The van der Waals surface area contributed by atoms with E-state index in [1.807, 2.05) is 0 Å². The first-order valence-electron chi connectivity index (χ1n) is 4.41. The Bertz CT molecular complexity index is 794. The van der Waals surface area contributed by atoms with Crippen molar-refractivity contribution in [1.29, 1.82) is 0 Å². The Balaban J connectivity index is 0.000000357. The lowest BCUT2D eigenvalue weighted by Crippen LogP contribution is -2.30. The molecule has 18 heavy (non-hydrogen) atoms. The number of hydrogen-bond acceptors (Lipinski definition) is 4. The van der Waals surface area contributed by atoms with E-state index in [9.17, 15) is 14.4 Å². The van der Waals surface area contributed by atoms with Crippen LogP contribution in [0, 0.1) is 6.57 Å². The van der Waals surface area contributed by atoms with Crippen LogP contribution < -0.4 is 16.9 Å². The van der Waals surface area contributed by atoms with E-state index in [0.29, 0.717) is 4.68 Å². The second kappa shape index (κ2) is 4.83. The summed E-state index contributed by atoms with van der Waals surface area (Å²) < 4.78 is 0.298. The van der Waals surface area contributed by atoms with Crippen LogP contribution in [0.15, 0.2) is 14.4 Å². The van der Waals surface area contributed by atoms with Crippen molar-refractivity contribution in [3.63, 3.8) is 0 Å². The van der Waals surface area contributed by atoms with Gasteiger partial charge in [0.1, 0.15) is 5.65 Å². The zero-order chi connectivity index (χ0) is 13.9. The van der Waals surface area contributed by atoms with Crippen molar-refractivity contribution in [3.05, 3.63) is 42.8 Å². The maximum absolute atomic E-state index is 11.3. The number of imidazole rings is 1. The molecule has 0 amide bonds. The fraction of sp³-hybridized carbons (Fsp3) is 0.125. The second-order valence-corrected chi connectivity index (χ2v) is 3.00. The maximum Gasteiger partial charge on any atom is 0.398 e. The van der Waals surface area contributed by atoms with Gasteiger partial charge in [-0.2, -0.15) is 6.57 Å². The first-order chi connectivity index (χ1) is 8.36.